The first kappa shape index (κ1) is 13.9. The Morgan fingerprint density at radius 1 is 1.38 bits per heavy atom. The highest BCUT2D eigenvalue weighted by Gasteiger charge is 2.19. The molecule has 0 aromatic heterocycles. The van der Waals surface area contributed by atoms with E-state index in [1.807, 2.05) is 13.8 Å². The number of nitrogens with one attached hydrogen (secondary N) is 2. The maximum Gasteiger partial charge on any atom is 0.279 e. The zero-order valence-corrected chi connectivity index (χ0v) is 11.0. The molecule has 96 valence electrons. The summed E-state index contributed by atoms with van der Waals surface area (Å²) < 4.78 is 27.6. The molecule has 5 nitrogen and oxygen atoms in total. The van der Waals surface area contributed by atoms with Gasteiger partial charge in [0.15, 0.2) is 0 Å². The Balaban J connectivity index is 2.29. The molecule has 1 heterocycles. The van der Waals surface area contributed by atoms with Crippen LogP contribution in [0.3, 0.4) is 0 Å². The minimum atomic E-state index is -3.26. The fraction of sp³-hybridized carbons (Fsp3) is 1.00. The van der Waals surface area contributed by atoms with Crippen LogP contribution in [-0.4, -0.2) is 44.9 Å². The van der Waals surface area contributed by atoms with Crippen LogP contribution in [0.5, 0.6) is 0 Å². The number of hydrogen-bond donors (Lipinski definition) is 2. The maximum absolute atomic E-state index is 11.8. The van der Waals surface area contributed by atoms with Gasteiger partial charge in [-0.1, -0.05) is 13.8 Å². The van der Waals surface area contributed by atoms with Gasteiger partial charge in [-0.2, -0.15) is 12.7 Å². The van der Waals surface area contributed by atoms with Crippen LogP contribution in [0.25, 0.3) is 0 Å². The third-order valence-corrected chi connectivity index (χ3v) is 4.75. The molecule has 0 amide bonds. The van der Waals surface area contributed by atoms with E-state index in [1.165, 1.54) is 10.7 Å². The highest BCUT2D eigenvalue weighted by molar-refractivity contribution is 7.87. The van der Waals surface area contributed by atoms with Crippen LogP contribution in [-0.2, 0) is 10.2 Å². The third kappa shape index (κ3) is 4.01. The summed E-state index contributed by atoms with van der Waals surface area (Å²) in [6.45, 7) is 6.33. The Hall–Kier alpha value is -0.170. The van der Waals surface area contributed by atoms with Gasteiger partial charge in [-0.25, -0.2) is 4.72 Å². The second kappa shape index (κ2) is 6.54. The van der Waals surface area contributed by atoms with Crippen molar-refractivity contribution in [1.29, 1.82) is 0 Å². The van der Waals surface area contributed by atoms with Gasteiger partial charge >= 0.3 is 0 Å². The zero-order chi connectivity index (χ0) is 12.0. The lowest BCUT2D eigenvalue weighted by molar-refractivity contribution is 0.431. The van der Waals surface area contributed by atoms with Crippen molar-refractivity contribution in [3.05, 3.63) is 0 Å². The molecule has 0 aromatic carbocycles. The zero-order valence-electron chi connectivity index (χ0n) is 10.2. The van der Waals surface area contributed by atoms with Crippen LogP contribution < -0.4 is 10.0 Å². The summed E-state index contributed by atoms with van der Waals surface area (Å²) in [7, 11) is -3.26. The Morgan fingerprint density at radius 2 is 2.06 bits per heavy atom. The molecule has 0 aliphatic carbocycles. The predicted octanol–water partition coefficient (Wildman–Crippen LogP) is 0.305. The van der Waals surface area contributed by atoms with Crippen molar-refractivity contribution in [2.24, 2.45) is 0 Å². The molecule has 1 fully saturated rings. The summed E-state index contributed by atoms with van der Waals surface area (Å²) in [5.74, 6) is 0. The van der Waals surface area contributed by atoms with Crippen LogP contribution in [0, 0.1) is 0 Å². The number of nitrogens with zero attached hydrogens (tertiary/aromatic N) is 1. The molecule has 0 saturated carbocycles. The minimum absolute atomic E-state index is 0.486. The lowest BCUT2D eigenvalue weighted by Crippen LogP contribution is -2.41. The first-order valence-electron chi connectivity index (χ1n) is 6.08. The van der Waals surface area contributed by atoms with E-state index in [9.17, 15) is 8.42 Å². The third-order valence-electron chi connectivity index (χ3n) is 2.98. The van der Waals surface area contributed by atoms with Crippen molar-refractivity contribution in [2.45, 2.75) is 39.2 Å². The molecular formula is C10H23N3O2S. The van der Waals surface area contributed by atoms with Gasteiger partial charge in [0, 0.05) is 25.7 Å². The summed E-state index contributed by atoms with van der Waals surface area (Å²) in [5, 5.41) is 3.35. The van der Waals surface area contributed by atoms with Gasteiger partial charge < -0.3 is 5.32 Å². The Labute approximate surface area is 98.8 Å². The molecule has 16 heavy (non-hydrogen) atoms. The smallest absolute Gasteiger partial charge is 0.279 e. The van der Waals surface area contributed by atoms with Crippen LogP contribution in [0.15, 0.2) is 0 Å². The average molecular weight is 249 g/mol. The second-order valence-corrected chi connectivity index (χ2v) is 5.82. The van der Waals surface area contributed by atoms with Crippen molar-refractivity contribution in [2.75, 3.05) is 26.2 Å². The van der Waals surface area contributed by atoms with E-state index in [4.69, 9.17) is 0 Å². The van der Waals surface area contributed by atoms with Crippen molar-refractivity contribution in [3.8, 4) is 0 Å². The van der Waals surface area contributed by atoms with E-state index in [2.05, 4.69) is 10.0 Å². The SMILES string of the molecule is CCN(CC)S(=O)(=O)NCC[C@H]1CCCN1. The molecule has 0 aromatic rings. The van der Waals surface area contributed by atoms with Crippen molar-refractivity contribution >= 4 is 10.2 Å². The molecule has 1 aliphatic rings. The lowest BCUT2D eigenvalue weighted by Gasteiger charge is -2.19. The molecule has 0 unspecified atom stereocenters. The molecule has 1 saturated heterocycles. The van der Waals surface area contributed by atoms with Gasteiger partial charge in [0.2, 0.25) is 0 Å². The average Bonchev–Trinajstić information content (AvgIpc) is 2.71. The molecular weight excluding hydrogens is 226 g/mol. The van der Waals surface area contributed by atoms with Gasteiger partial charge in [-0.05, 0) is 25.8 Å². The molecule has 1 aliphatic heterocycles. The van der Waals surface area contributed by atoms with E-state index in [0.717, 1.165) is 19.4 Å². The molecule has 1 rings (SSSR count). The lowest BCUT2D eigenvalue weighted by atomic mass is 10.2. The highest BCUT2D eigenvalue weighted by atomic mass is 32.2. The van der Waals surface area contributed by atoms with E-state index in [0.29, 0.717) is 25.7 Å². The largest absolute Gasteiger partial charge is 0.314 e. The summed E-state index contributed by atoms with van der Waals surface area (Å²) in [6.07, 6.45) is 3.24. The fourth-order valence-corrected chi connectivity index (χ4v) is 3.26. The predicted molar refractivity (Wildman–Crippen MR) is 65.5 cm³/mol. The van der Waals surface area contributed by atoms with Gasteiger partial charge in [0.25, 0.3) is 10.2 Å². The summed E-state index contributed by atoms with van der Waals surface area (Å²) in [5.41, 5.74) is 0. The van der Waals surface area contributed by atoms with Gasteiger partial charge in [0.05, 0.1) is 0 Å². The Bertz CT molecular complexity index is 282. The van der Waals surface area contributed by atoms with E-state index in [1.54, 1.807) is 0 Å². The Kier molecular flexibility index (Phi) is 5.68. The van der Waals surface area contributed by atoms with Crippen molar-refractivity contribution in [3.63, 3.8) is 0 Å². The molecule has 2 N–H and O–H groups in total. The molecule has 0 bridgehead atoms. The molecule has 0 radical (unpaired) electrons. The number of hydrogen-bond acceptors (Lipinski definition) is 3. The summed E-state index contributed by atoms with van der Waals surface area (Å²) in [4.78, 5) is 0. The standard InChI is InChI=1S/C10H23N3O2S/c1-3-13(4-2)16(14,15)12-9-7-10-6-5-8-11-10/h10-12H,3-9H2,1-2H3/t10-/m1/s1. The van der Waals surface area contributed by atoms with Gasteiger partial charge in [-0.15, -0.1) is 0 Å². The topological polar surface area (TPSA) is 61.4 Å². The summed E-state index contributed by atoms with van der Waals surface area (Å²) in [6, 6.07) is 0.486. The molecule has 1 atom stereocenters. The van der Waals surface area contributed by atoms with E-state index >= 15 is 0 Å². The van der Waals surface area contributed by atoms with Crippen LogP contribution in [0.4, 0.5) is 0 Å². The quantitative estimate of drug-likeness (QED) is 0.682. The fourth-order valence-electron chi connectivity index (χ4n) is 2.02. The van der Waals surface area contributed by atoms with Crippen molar-refractivity contribution < 1.29 is 8.42 Å². The van der Waals surface area contributed by atoms with Crippen LogP contribution in [0.1, 0.15) is 33.1 Å². The maximum atomic E-state index is 11.8. The van der Waals surface area contributed by atoms with Gasteiger partial charge in [-0.3, -0.25) is 0 Å². The first-order chi connectivity index (χ1) is 7.60. The summed E-state index contributed by atoms with van der Waals surface area (Å²) >= 11 is 0. The van der Waals surface area contributed by atoms with Gasteiger partial charge in [0.1, 0.15) is 0 Å². The van der Waals surface area contributed by atoms with Crippen molar-refractivity contribution in [1.82, 2.24) is 14.3 Å². The van der Waals surface area contributed by atoms with E-state index in [-0.39, 0.29) is 0 Å². The molecule has 0 spiro atoms. The monoisotopic (exact) mass is 249 g/mol. The number of rotatable bonds is 7. The second-order valence-electron chi connectivity index (χ2n) is 4.07. The minimum Gasteiger partial charge on any atom is -0.314 e. The van der Waals surface area contributed by atoms with E-state index < -0.39 is 10.2 Å². The van der Waals surface area contributed by atoms with Crippen LogP contribution >= 0.6 is 0 Å². The first-order valence-corrected chi connectivity index (χ1v) is 7.52. The molecule has 6 heteroatoms. The Morgan fingerprint density at radius 3 is 2.56 bits per heavy atom. The van der Waals surface area contributed by atoms with Crippen LogP contribution in [0.2, 0.25) is 0 Å². The highest BCUT2D eigenvalue weighted by Crippen LogP contribution is 2.08. The normalized spacial score (nSPS) is 21.8.